The third-order valence-electron chi connectivity index (χ3n) is 1.37. The maximum Gasteiger partial charge on any atom is 0.304 e. The molecule has 0 amide bonds. The third-order valence-corrected chi connectivity index (χ3v) is 2.98. The average molecular weight is 210 g/mol. The van der Waals surface area contributed by atoms with Crippen molar-refractivity contribution in [1.29, 1.82) is 0 Å². The summed E-state index contributed by atoms with van der Waals surface area (Å²) in [6.07, 6.45) is -0.339. The zero-order valence-electron chi connectivity index (χ0n) is 7.52. The Labute approximate surface area is 77.6 Å². The molecule has 0 spiro atoms. The van der Waals surface area contributed by atoms with Crippen molar-refractivity contribution in [1.82, 2.24) is 0 Å². The zero-order valence-corrected chi connectivity index (χ0v) is 8.34. The lowest BCUT2D eigenvalue weighted by Gasteiger charge is -2.02. The molecule has 0 unspecified atom stereocenters. The monoisotopic (exact) mass is 210 g/mol. The Morgan fingerprint density at radius 2 is 2.00 bits per heavy atom. The van der Waals surface area contributed by atoms with Crippen LogP contribution in [0, 0.1) is 0 Å². The van der Waals surface area contributed by atoms with Crippen LogP contribution >= 0.6 is 0 Å². The number of carboxylic acid groups (broad SMARTS) is 1. The molecule has 0 fully saturated rings. The average Bonchev–Trinajstić information content (AvgIpc) is 2.02. The van der Waals surface area contributed by atoms with Crippen LogP contribution in [0.5, 0.6) is 0 Å². The second-order valence-electron chi connectivity index (χ2n) is 2.49. The molecule has 0 bridgehead atoms. The standard InChI is InChI=1S/C7H14O5S/c1-2-12-4-6-13(10,11)5-3-7(8)9/h2-6H2,1H3,(H,8,9). The Morgan fingerprint density at radius 3 is 2.46 bits per heavy atom. The molecule has 6 heteroatoms. The molecule has 1 N–H and O–H groups in total. The highest BCUT2D eigenvalue weighted by Crippen LogP contribution is 1.94. The maximum absolute atomic E-state index is 11.1. The van der Waals surface area contributed by atoms with Crippen LogP contribution in [0.2, 0.25) is 0 Å². The first-order valence-corrected chi connectivity index (χ1v) is 5.80. The van der Waals surface area contributed by atoms with Crippen molar-refractivity contribution in [3.05, 3.63) is 0 Å². The van der Waals surface area contributed by atoms with Crippen LogP contribution in [0.25, 0.3) is 0 Å². The van der Waals surface area contributed by atoms with E-state index in [0.29, 0.717) is 6.61 Å². The number of ether oxygens (including phenoxy) is 1. The highest BCUT2D eigenvalue weighted by Gasteiger charge is 2.12. The Hall–Kier alpha value is -0.620. The minimum Gasteiger partial charge on any atom is -0.481 e. The molecule has 0 aliphatic rings. The maximum atomic E-state index is 11.1. The molecule has 0 aromatic heterocycles. The largest absolute Gasteiger partial charge is 0.481 e. The van der Waals surface area contributed by atoms with Gasteiger partial charge in [0.1, 0.15) is 0 Å². The Balaban J connectivity index is 3.74. The van der Waals surface area contributed by atoms with Crippen LogP contribution in [0.1, 0.15) is 13.3 Å². The molecule has 78 valence electrons. The van der Waals surface area contributed by atoms with Gasteiger partial charge in [0.15, 0.2) is 9.84 Å². The summed E-state index contributed by atoms with van der Waals surface area (Å²) in [5, 5.41) is 8.25. The fourth-order valence-corrected chi connectivity index (χ4v) is 1.74. The number of carbonyl (C=O) groups is 1. The number of hydrogen-bond acceptors (Lipinski definition) is 4. The predicted octanol–water partition coefficient (Wildman–Crippen LogP) is -0.0876. The van der Waals surface area contributed by atoms with Crippen molar-refractivity contribution >= 4 is 15.8 Å². The summed E-state index contributed by atoms with van der Waals surface area (Å²) in [4.78, 5) is 10.1. The first-order valence-electron chi connectivity index (χ1n) is 3.98. The Kier molecular flexibility index (Phi) is 5.65. The first kappa shape index (κ1) is 12.4. The van der Waals surface area contributed by atoms with Crippen molar-refractivity contribution in [2.45, 2.75) is 13.3 Å². The molecule has 5 nitrogen and oxygen atoms in total. The van der Waals surface area contributed by atoms with Gasteiger partial charge in [0.05, 0.1) is 24.5 Å². The lowest BCUT2D eigenvalue weighted by Crippen LogP contribution is -2.17. The molecule has 0 saturated carbocycles. The third kappa shape index (κ3) is 7.73. The van der Waals surface area contributed by atoms with Gasteiger partial charge < -0.3 is 9.84 Å². The van der Waals surface area contributed by atoms with Crippen LogP contribution < -0.4 is 0 Å². The van der Waals surface area contributed by atoms with Crippen molar-refractivity contribution in [2.75, 3.05) is 24.7 Å². The van der Waals surface area contributed by atoms with E-state index in [0.717, 1.165) is 0 Å². The van der Waals surface area contributed by atoms with E-state index >= 15 is 0 Å². The summed E-state index contributed by atoms with van der Waals surface area (Å²) >= 11 is 0. The van der Waals surface area contributed by atoms with Gasteiger partial charge in [-0.1, -0.05) is 0 Å². The molecule has 0 aliphatic heterocycles. The summed E-state index contributed by atoms with van der Waals surface area (Å²) in [6, 6.07) is 0. The quantitative estimate of drug-likeness (QED) is 0.594. The minimum absolute atomic E-state index is 0.103. The number of aliphatic carboxylic acids is 1. The van der Waals surface area contributed by atoms with E-state index in [1.54, 1.807) is 6.92 Å². The lowest BCUT2D eigenvalue weighted by molar-refractivity contribution is -0.136. The fourth-order valence-electron chi connectivity index (χ4n) is 0.675. The van der Waals surface area contributed by atoms with Gasteiger partial charge >= 0.3 is 5.97 Å². The van der Waals surface area contributed by atoms with Gasteiger partial charge in [-0.3, -0.25) is 4.79 Å². The van der Waals surface area contributed by atoms with Crippen molar-refractivity contribution < 1.29 is 23.1 Å². The van der Waals surface area contributed by atoms with E-state index in [1.807, 2.05) is 0 Å². The molecule has 0 saturated heterocycles. The predicted molar refractivity (Wildman–Crippen MR) is 47.4 cm³/mol. The minimum atomic E-state index is -3.25. The van der Waals surface area contributed by atoms with Gasteiger partial charge in [-0.2, -0.15) is 0 Å². The zero-order chi connectivity index (χ0) is 10.3. The van der Waals surface area contributed by atoms with E-state index in [1.165, 1.54) is 0 Å². The van der Waals surface area contributed by atoms with Gasteiger partial charge in [-0.15, -0.1) is 0 Å². The van der Waals surface area contributed by atoms with Crippen LogP contribution in [-0.4, -0.2) is 44.2 Å². The topological polar surface area (TPSA) is 80.7 Å². The molecule has 0 atom stereocenters. The molecular weight excluding hydrogens is 196 g/mol. The summed E-state index contributed by atoms with van der Waals surface area (Å²) in [6.45, 7) is 2.37. The van der Waals surface area contributed by atoms with E-state index < -0.39 is 15.8 Å². The van der Waals surface area contributed by atoms with Crippen molar-refractivity contribution in [3.63, 3.8) is 0 Å². The summed E-state index contributed by atoms with van der Waals surface area (Å²) < 4.78 is 27.0. The van der Waals surface area contributed by atoms with Crippen molar-refractivity contribution in [3.8, 4) is 0 Å². The van der Waals surface area contributed by atoms with E-state index in [-0.39, 0.29) is 24.5 Å². The van der Waals surface area contributed by atoms with Crippen LogP contribution in [0.4, 0.5) is 0 Å². The van der Waals surface area contributed by atoms with Crippen LogP contribution in [0.15, 0.2) is 0 Å². The smallest absolute Gasteiger partial charge is 0.304 e. The lowest BCUT2D eigenvalue weighted by atomic mass is 10.5. The summed E-state index contributed by atoms with van der Waals surface area (Å²) in [5.74, 6) is -1.51. The molecule has 0 aromatic rings. The normalized spacial score (nSPS) is 11.5. The summed E-state index contributed by atoms with van der Waals surface area (Å²) in [5.41, 5.74) is 0. The molecule has 0 heterocycles. The summed E-state index contributed by atoms with van der Waals surface area (Å²) in [7, 11) is -3.25. The fraction of sp³-hybridized carbons (Fsp3) is 0.857. The Morgan fingerprint density at radius 1 is 1.38 bits per heavy atom. The van der Waals surface area contributed by atoms with E-state index in [2.05, 4.69) is 0 Å². The second-order valence-corrected chi connectivity index (χ2v) is 4.80. The van der Waals surface area contributed by atoms with Gasteiger partial charge in [0.25, 0.3) is 0 Å². The molecular formula is C7H14O5S. The van der Waals surface area contributed by atoms with Gasteiger partial charge in [0.2, 0.25) is 0 Å². The van der Waals surface area contributed by atoms with Gasteiger partial charge in [-0.25, -0.2) is 8.42 Å². The van der Waals surface area contributed by atoms with Crippen LogP contribution in [0.3, 0.4) is 0 Å². The number of sulfone groups is 1. The molecule has 0 rings (SSSR count). The second kappa shape index (κ2) is 5.93. The first-order chi connectivity index (χ1) is 5.98. The van der Waals surface area contributed by atoms with E-state index in [4.69, 9.17) is 9.84 Å². The molecule has 0 radical (unpaired) electrons. The highest BCUT2D eigenvalue weighted by molar-refractivity contribution is 7.91. The number of rotatable bonds is 7. The van der Waals surface area contributed by atoms with Gasteiger partial charge in [-0.05, 0) is 6.92 Å². The molecule has 0 aromatic carbocycles. The number of hydrogen-bond donors (Lipinski definition) is 1. The molecule has 0 aliphatic carbocycles. The van der Waals surface area contributed by atoms with Gasteiger partial charge in [0, 0.05) is 6.61 Å². The highest BCUT2D eigenvalue weighted by atomic mass is 32.2. The molecule has 13 heavy (non-hydrogen) atoms. The Bertz CT molecular complexity index is 244. The van der Waals surface area contributed by atoms with Crippen LogP contribution in [-0.2, 0) is 19.4 Å². The van der Waals surface area contributed by atoms with E-state index in [9.17, 15) is 13.2 Å². The number of carboxylic acids is 1. The SMILES string of the molecule is CCOCCS(=O)(=O)CCC(=O)O. The van der Waals surface area contributed by atoms with Crippen molar-refractivity contribution in [2.24, 2.45) is 0 Å².